The Bertz CT molecular complexity index is 990. The number of carbonyl (C=O) groups excluding carboxylic acids is 2. The zero-order valence-electron chi connectivity index (χ0n) is 17.3. The molecule has 160 valence electrons. The van der Waals surface area contributed by atoms with Gasteiger partial charge in [-0.2, -0.15) is 0 Å². The summed E-state index contributed by atoms with van der Waals surface area (Å²) in [4.78, 5) is 24.8. The summed E-state index contributed by atoms with van der Waals surface area (Å²) in [6, 6.07) is 23.9. The first-order chi connectivity index (χ1) is 15.1. The van der Waals surface area contributed by atoms with E-state index in [2.05, 4.69) is 10.6 Å². The minimum Gasteiger partial charge on any atom is -0.497 e. The van der Waals surface area contributed by atoms with Gasteiger partial charge in [-0.1, -0.05) is 54.1 Å². The highest BCUT2D eigenvalue weighted by molar-refractivity contribution is 6.30. The van der Waals surface area contributed by atoms with Crippen molar-refractivity contribution in [3.05, 3.63) is 101 Å². The molecule has 0 saturated carbocycles. The number of carbonyl (C=O) groups is 2. The molecule has 0 aliphatic heterocycles. The van der Waals surface area contributed by atoms with Crippen molar-refractivity contribution in [2.45, 2.75) is 18.9 Å². The largest absolute Gasteiger partial charge is 0.497 e. The van der Waals surface area contributed by atoms with E-state index in [4.69, 9.17) is 16.3 Å². The molecule has 0 radical (unpaired) electrons. The van der Waals surface area contributed by atoms with Crippen LogP contribution in [0.4, 0.5) is 0 Å². The van der Waals surface area contributed by atoms with Crippen molar-refractivity contribution < 1.29 is 14.3 Å². The van der Waals surface area contributed by atoms with Gasteiger partial charge in [0.1, 0.15) is 5.75 Å². The van der Waals surface area contributed by atoms with Crippen molar-refractivity contribution in [2.24, 2.45) is 0 Å². The van der Waals surface area contributed by atoms with E-state index in [1.807, 2.05) is 54.6 Å². The zero-order chi connectivity index (χ0) is 22.1. The molecule has 0 heterocycles. The van der Waals surface area contributed by atoms with Crippen LogP contribution in [-0.4, -0.2) is 25.5 Å². The van der Waals surface area contributed by atoms with Crippen LogP contribution in [0.5, 0.6) is 5.75 Å². The molecule has 1 unspecified atom stereocenters. The van der Waals surface area contributed by atoms with Gasteiger partial charge in [0, 0.05) is 23.6 Å². The Kier molecular flexibility index (Phi) is 8.07. The molecular weight excluding hydrogens is 412 g/mol. The number of hydrogen-bond donors (Lipinski definition) is 2. The second kappa shape index (κ2) is 11.2. The number of halogens is 1. The first-order valence-corrected chi connectivity index (χ1v) is 10.5. The lowest BCUT2D eigenvalue weighted by atomic mass is 9.98. The molecule has 0 aliphatic rings. The van der Waals surface area contributed by atoms with Gasteiger partial charge in [0.2, 0.25) is 5.91 Å². The first kappa shape index (κ1) is 22.4. The number of benzene rings is 3. The molecule has 0 fully saturated rings. The zero-order valence-corrected chi connectivity index (χ0v) is 18.1. The summed E-state index contributed by atoms with van der Waals surface area (Å²) in [5.74, 6) is 0.441. The Hall–Kier alpha value is -3.31. The van der Waals surface area contributed by atoms with Gasteiger partial charge in [-0.3, -0.25) is 9.59 Å². The molecule has 3 rings (SSSR count). The van der Waals surface area contributed by atoms with E-state index in [-0.39, 0.29) is 17.9 Å². The normalized spacial score (nSPS) is 11.4. The number of nitrogens with one attached hydrogen (secondary N) is 2. The van der Waals surface area contributed by atoms with E-state index in [1.54, 1.807) is 31.4 Å². The Labute approximate surface area is 187 Å². The van der Waals surface area contributed by atoms with E-state index in [1.165, 1.54) is 0 Å². The SMILES string of the molecule is COc1ccc(C(=O)NCCCC(=O)NC(c2ccccc2)c2ccc(Cl)cc2)cc1. The highest BCUT2D eigenvalue weighted by atomic mass is 35.5. The van der Waals surface area contributed by atoms with Crippen molar-refractivity contribution in [2.75, 3.05) is 13.7 Å². The average Bonchev–Trinajstić information content (AvgIpc) is 2.81. The van der Waals surface area contributed by atoms with Crippen LogP contribution in [0.25, 0.3) is 0 Å². The molecular formula is C25H25ClN2O3. The molecule has 31 heavy (non-hydrogen) atoms. The maximum atomic E-state index is 12.6. The van der Waals surface area contributed by atoms with E-state index < -0.39 is 0 Å². The van der Waals surface area contributed by atoms with Crippen molar-refractivity contribution in [3.8, 4) is 5.75 Å². The van der Waals surface area contributed by atoms with Crippen molar-refractivity contribution in [3.63, 3.8) is 0 Å². The minimum absolute atomic E-state index is 0.0810. The van der Waals surface area contributed by atoms with Crippen LogP contribution in [0, 0.1) is 0 Å². The van der Waals surface area contributed by atoms with Crippen LogP contribution < -0.4 is 15.4 Å². The lowest BCUT2D eigenvalue weighted by Gasteiger charge is -2.20. The topological polar surface area (TPSA) is 67.4 Å². The maximum absolute atomic E-state index is 12.6. The van der Waals surface area contributed by atoms with Crippen molar-refractivity contribution in [1.29, 1.82) is 0 Å². The lowest BCUT2D eigenvalue weighted by Crippen LogP contribution is -2.30. The van der Waals surface area contributed by atoms with E-state index in [9.17, 15) is 9.59 Å². The van der Waals surface area contributed by atoms with E-state index in [0.717, 1.165) is 11.1 Å². The predicted octanol–water partition coefficient (Wildman–Crippen LogP) is 4.76. The first-order valence-electron chi connectivity index (χ1n) is 10.1. The van der Waals surface area contributed by atoms with Crippen LogP contribution in [0.1, 0.15) is 40.4 Å². The fourth-order valence-corrected chi connectivity index (χ4v) is 3.31. The quantitative estimate of drug-likeness (QED) is 0.475. The molecule has 0 bridgehead atoms. The van der Waals surface area contributed by atoms with Crippen LogP contribution in [0.2, 0.25) is 5.02 Å². The molecule has 2 amide bonds. The third kappa shape index (κ3) is 6.59. The Balaban J connectivity index is 1.52. The monoisotopic (exact) mass is 436 g/mol. The molecule has 0 spiro atoms. The lowest BCUT2D eigenvalue weighted by molar-refractivity contribution is -0.121. The Morgan fingerprint density at radius 1 is 0.903 bits per heavy atom. The molecule has 6 heteroatoms. The van der Waals surface area contributed by atoms with Gasteiger partial charge in [0.15, 0.2) is 0 Å². The van der Waals surface area contributed by atoms with Crippen molar-refractivity contribution >= 4 is 23.4 Å². The van der Waals surface area contributed by atoms with E-state index >= 15 is 0 Å². The van der Waals surface area contributed by atoms with Crippen molar-refractivity contribution in [1.82, 2.24) is 10.6 Å². The van der Waals surface area contributed by atoms with Crippen LogP contribution in [0.3, 0.4) is 0 Å². The fraction of sp³-hybridized carbons (Fsp3) is 0.200. The molecule has 0 aromatic heterocycles. The molecule has 0 saturated heterocycles. The third-order valence-electron chi connectivity index (χ3n) is 4.86. The second-order valence-corrected chi connectivity index (χ2v) is 7.49. The summed E-state index contributed by atoms with van der Waals surface area (Å²) >= 11 is 6.01. The minimum atomic E-state index is -0.264. The number of rotatable bonds is 9. The standard InChI is InChI=1S/C25H25ClN2O3/c1-31-22-15-11-20(12-16-22)25(30)27-17-5-8-23(29)28-24(18-6-3-2-4-7-18)19-9-13-21(26)14-10-19/h2-4,6-7,9-16,24H,5,8,17H2,1H3,(H,27,30)(H,28,29). The van der Waals surface area contributed by atoms with Gasteiger partial charge in [0.25, 0.3) is 5.91 Å². The van der Waals surface area contributed by atoms with Gasteiger partial charge in [-0.15, -0.1) is 0 Å². The summed E-state index contributed by atoms with van der Waals surface area (Å²) in [6.45, 7) is 0.412. The van der Waals surface area contributed by atoms with Gasteiger partial charge >= 0.3 is 0 Å². The summed E-state index contributed by atoms with van der Waals surface area (Å²) in [5, 5.41) is 6.58. The summed E-state index contributed by atoms with van der Waals surface area (Å²) < 4.78 is 5.09. The molecule has 5 nitrogen and oxygen atoms in total. The molecule has 3 aromatic rings. The number of amides is 2. The van der Waals surface area contributed by atoms with Gasteiger partial charge in [-0.25, -0.2) is 0 Å². The molecule has 0 aliphatic carbocycles. The Morgan fingerprint density at radius 3 is 2.19 bits per heavy atom. The molecule has 1 atom stereocenters. The average molecular weight is 437 g/mol. The second-order valence-electron chi connectivity index (χ2n) is 7.05. The summed E-state index contributed by atoms with van der Waals surface area (Å²) in [6.07, 6.45) is 0.843. The summed E-state index contributed by atoms with van der Waals surface area (Å²) in [5.41, 5.74) is 2.50. The summed E-state index contributed by atoms with van der Waals surface area (Å²) in [7, 11) is 1.58. The molecule has 2 N–H and O–H groups in total. The fourth-order valence-electron chi connectivity index (χ4n) is 3.19. The van der Waals surface area contributed by atoms with Gasteiger partial charge < -0.3 is 15.4 Å². The van der Waals surface area contributed by atoms with Gasteiger partial charge in [-0.05, 0) is 53.9 Å². The highest BCUT2D eigenvalue weighted by Crippen LogP contribution is 2.23. The van der Waals surface area contributed by atoms with Crippen LogP contribution >= 0.6 is 11.6 Å². The van der Waals surface area contributed by atoms with E-state index in [0.29, 0.717) is 35.7 Å². The number of methoxy groups -OCH3 is 1. The van der Waals surface area contributed by atoms with Gasteiger partial charge in [0.05, 0.1) is 13.2 Å². The highest BCUT2D eigenvalue weighted by Gasteiger charge is 2.16. The smallest absolute Gasteiger partial charge is 0.251 e. The molecule has 3 aromatic carbocycles. The maximum Gasteiger partial charge on any atom is 0.251 e. The number of hydrogen-bond acceptors (Lipinski definition) is 3. The number of ether oxygens (including phenoxy) is 1. The van der Waals surface area contributed by atoms with Crippen LogP contribution in [-0.2, 0) is 4.79 Å². The third-order valence-corrected chi connectivity index (χ3v) is 5.11. The Morgan fingerprint density at radius 2 is 1.55 bits per heavy atom. The van der Waals surface area contributed by atoms with Crippen LogP contribution in [0.15, 0.2) is 78.9 Å². The predicted molar refractivity (Wildman–Crippen MR) is 122 cm³/mol.